The van der Waals surface area contributed by atoms with E-state index in [0.717, 1.165) is 16.8 Å². The lowest BCUT2D eigenvalue weighted by Crippen LogP contribution is -2.47. The number of hydrogen-bond acceptors (Lipinski definition) is 4. The van der Waals surface area contributed by atoms with E-state index in [4.69, 9.17) is 28.3 Å². The van der Waals surface area contributed by atoms with Gasteiger partial charge in [0.1, 0.15) is 0 Å². The van der Waals surface area contributed by atoms with Crippen LogP contribution >= 0.6 is 23.2 Å². The third kappa shape index (κ3) is 5.78. The number of nitrogens with one attached hydrogen (secondary N) is 1. The smallest absolute Gasteiger partial charge is 0.228 e. The van der Waals surface area contributed by atoms with Crippen molar-refractivity contribution in [1.29, 1.82) is 5.26 Å². The monoisotopic (exact) mass is 470 g/mol. The highest BCUT2D eigenvalue weighted by atomic mass is 35.5. The van der Waals surface area contributed by atoms with Gasteiger partial charge < -0.3 is 4.90 Å². The maximum Gasteiger partial charge on any atom is 0.228 e. The summed E-state index contributed by atoms with van der Waals surface area (Å²) in [6, 6.07) is 14.6. The van der Waals surface area contributed by atoms with E-state index in [1.165, 1.54) is 0 Å². The molecule has 0 aliphatic carbocycles. The molecule has 0 bridgehead atoms. The first-order valence-corrected chi connectivity index (χ1v) is 11.0. The van der Waals surface area contributed by atoms with Crippen molar-refractivity contribution in [3.05, 3.63) is 69.7 Å². The largest absolute Gasteiger partial charge is 0.333 e. The summed E-state index contributed by atoms with van der Waals surface area (Å²) in [5.41, 5.74) is 2.68. The van der Waals surface area contributed by atoms with Gasteiger partial charge in [-0.1, -0.05) is 47.5 Å². The normalized spacial score (nSPS) is 15.8. The number of guanidine groups is 1. The van der Waals surface area contributed by atoms with Gasteiger partial charge in [-0.15, -0.1) is 0 Å². The van der Waals surface area contributed by atoms with Gasteiger partial charge in [0.15, 0.2) is 6.19 Å². The minimum absolute atomic E-state index is 0.0458. The van der Waals surface area contributed by atoms with Gasteiger partial charge in [-0.05, 0) is 43.2 Å². The Hall–Kier alpha value is -3.08. The summed E-state index contributed by atoms with van der Waals surface area (Å²) >= 11 is 12.0. The van der Waals surface area contributed by atoms with Crippen LogP contribution in [-0.4, -0.2) is 53.2 Å². The molecule has 0 saturated heterocycles. The van der Waals surface area contributed by atoms with Crippen molar-refractivity contribution >= 4 is 40.8 Å². The number of carbonyl (C=O) groups is 1. The molecule has 1 amide bonds. The van der Waals surface area contributed by atoms with Crippen molar-refractivity contribution in [2.75, 3.05) is 19.6 Å². The van der Waals surface area contributed by atoms with Crippen LogP contribution in [0, 0.1) is 11.5 Å². The van der Waals surface area contributed by atoms with E-state index in [2.05, 4.69) is 10.3 Å². The fourth-order valence-electron chi connectivity index (χ4n) is 3.58. The molecule has 1 N–H and O–H groups in total. The standard InChI is InChI=1S/C23H24Cl2N6O/c1-3-30(16(2)32)21-14-31(29-22(21)18-6-10-20(25)11-7-18)23(28-15-26)27-13-12-17-4-8-19(24)9-5-17/h4-11,21H,3,12-14H2,1-2H3,(H,27,28). The Morgan fingerprint density at radius 1 is 1.22 bits per heavy atom. The topological polar surface area (TPSA) is 84.1 Å². The molecule has 1 heterocycles. The Morgan fingerprint density at radius 3 is 2.41 bits per heavy atom. The second kappa shape index (κ2) is 11.0. The third-order valence-corrected chi connectivity index (χ3v) is 5.64. The number of hydrazone groups is 1. The second-order valence-corrected chi connectivity index (χ2v) is 8.09. The van der Waals surface area contributed by atoms with Crippen molar-refractivity contribution in [1.82, 2.24) is 15.2 Å². The molecule has 1 aliphatic rings. The minimum atomic E-state index is -0.277. The predicted octanol–water partition coefficient (Wildman–Crippen LogP) is 3.92. The van der Waals surface area contributed by atoms with E-state index in [9.17, 15) is 10.1 Å². The number of aliphatic imine (C=N–C) groups is 1. The van der Waals surface area contributed by atoms with E-state index in [0.29, 0.717) is 42.1 Å². The Morgan fingerprint density at radius 2 is 1.84 bits per heavy atom. The molecule has 7 nitrogen and oxygen atoms in total. The van der Waals surface area contributed by atoms with Crippen molar-refractivity contribution < 1.29 is 4.79 Å². The Labute approximate surface area is 197 Å². The van der Waals surface area contributed by atoms with E-state index < -0.39 is 0 Å². The number of halogens is 2. The zero-order valence-corrected chi connectivity index (χ0v) is 19.4. The van der Waals surface area contributed by atoms with E-state index >= 15 is 0 Å². The van der Waals surface area contributed by atoms with Crippen molar-refractivity contribution in [3.8, 4) is 6.19 Å². The first kappa shape index (κ1) is 23.6. The van der Waals surface area contributed by atoms with Crippen molar-refractivity contribution in [2.45, 2.75) is 26.3 Å². The molecule has 0 spiro atoms. The molecule has 0 aromatic heterocycles. The average Bonchev–Trinajstić information content (AvgIpc) is 3.20. The Kier molecular flexibility index (Phi) is 8.09. The summed E-state index contributed by atoms with van der Waals surface area (Å²) in [6.45, 7) is 4.86. The van der Waals surface area contributed by atoms with E-state index in [1.807, 2.05) is 49.5 Å². The minimum Gasteiger partial charge on any atom is -0.333 e. The number of benzene rings is 2. The summed E-state index contributed by atoms with van der Waals surface area (Å²) in [4.78, 5) is 18.6. The maximum atomic E-state index is 12.3. The van der Waals surface area contributed by atoms with Gasteiger partial charge in [0.25, 0.3) is 0 Å². The van der Waals surface area contributed by atoms with Crippen LogP contribution in [0.4, 0.5) is 0 Å². The summed E-state index contributed by atoms with van der Waals surface area (Å²) in [5, 5.41) is 19.6. The molecule has 2 aromatic carbocycles. The molecule has 0 radical (unpaired) electrons. The molecule has 32 heavy (non-hydrogen) atoms. The molecule has 0 fully saturated rings. The molecule has 166 valence electrons. The average molecular weight is 471 g/mol. The van der Waals surface area contributed by atoms with Gasteiger partial charge in [0.2, 0.25) is 11.9 Å². The highest BCUT2D eigenvalue weighted by molar-refractivity contribution is 6.31. The quantitative estimate of drug-likeness (QED) is 0.300. The van der Waals surface area contributed by atoms with E-state index in [-0.39, 0.29) is 11.9 Å². The lowest BCUT2D eigenvalue weighted by atomic mass is 10.0. The Balaban J connectivity index is 1.87. The molecular formula is C23H24Cl2N6O. The number of nitriles is 1. The molecular weight excluding hydrogens is 447 g/mol. The van der Waals surface area contributed by atoms with Crippen molar-refractivity contribution in [2.24, 2.45) is 10.1 Å². The molecule has 1 unspecified atom stereocenters. The van der Waals surface area contributed by atoms with Crippen LogP contribution in [0.1, 0.15) is 25.0 Å². The number of likely N-dealkylation sites (N-methyl/N-ethyl adjacent to an activating group) is 1. The number of nitrogens with zero attached hydrogens (tertiary/aromatic N) is 5. The van der Waals surface area contributed by atoms with Crippen LogP contribution in [-0.2, 0) is 11.2 Å². The van der Waals surface area contributed by atoms with Crippen molar-refractivity contribution in [3.63, 3.8) is 0 Å². The fraction of sp³-hybridized carbons (Fsp3) is 0.304. The number of rotatable bonds is 6. The van der Waals surface area contributed by atoms with Crippen LogP contribution in [0.15, 0.2) is 58.6 Å². The molecule has 2 aromatic rings. The van der Waals surface area contributed by atoms with Gasteiger partial charge >= 0.3 is 0 Å². The lowest BCUT2D eigenvalue weighted by molar-refractivity contribution is -0.129. The van der Waals surface area contributed by atoms with Crippen LogP contribution in [0.5, 0.6) is 0 Å². The van der Waals surface area contributed by atoms with Crippen LogP contribution in [0.2, 0.25) is 10.0 Å². The number of hydrogen-bond donors (Lipinski definition) is 1. The van der Waals surface area contributed by atoms with Crippen LogP contribution in [0.25, 0.3) is 0 Å². The highest BCUT2D eigenvalue weighted by Crippen LogP contribution is 2.21. The van der Waals surface area contributed by atoms with Crippen LogP contribution in [0.3, 0.4) is 0 Å². The molecule has 3 rings (SSSR count). The SMILES string of the molecule is CCN(C(C)=O)C1CN(C(=NCCc2ccc(Cl)cc2)NC#N)N=C1c1ccc(Cl)cc1. The summed E-state index contributed by atoms with van der Waals surface area (Å²) in [6.07, 6.45) is 2.62. The molecule has 0 saturated carbocycles. The number of carbonyl (C=O) groups excluding carboxylic acids is 1. The second-order valence-electron chi connectivity index (χ2n) is 7.21. The molecule has 1 aliphatic heterocycles. The fourth-order valence-corrected chi connectivity index (χ4v) is 3.83. The first-order chi connectivity index (χ1) is 15.4. The highest BCUT2D eigenvalue weighted by Gasteiger charge is 2.35. The summed E-state index contributed by atoms with van der Waals surface area (Å²) in [5.74, 6) is 0.297. The third-order valence-electron chi connectivity index (χ3n) is 5.14. The van der Waals surface area contributed by atoms with Gasteiger partial charge in [0, 0.05) is 35.6 Å². The number of amides is 1. The molecule has 9 heteroatoms. The molecule has 1 atom stereocenters. The summed E-state index contributed by atoms with van der Waals surface area (Å²) < 4.78 is 0. The lowest BCUT2D eigenvalue weighted by Gasteiger charge is -2.28. The zero-order valence-electron chi connectivity index (χ0n) is 17.9. The predicted molar refractivity (Wildman–Crippen MR) is 128 cm³/mol. The van der Waals surface area contributed by atoms with Gasteiger partial charge in [-0.25, -0.2) is 5.01 Å². The summed E-state index contributed by atoms with van der Waals surface area (Å²) in [7, 11) is 0. The van der Waals surface area contributed by atoms with Gasteiger partial charge in [0.05, 0.1) is 18.3 Å². The zero-order chi connectivity index (χ0) is 23.1. The first-order valence-electron chi connectivity index (χ1n) is 10.3. The van der Waals surface area contributed by atoms with Gasteiger partial charge in [-0.2, -0.15) is 10.4 Å². The van der Waals surface area contributed by atoms with Gasteiger partial charge in [-0.3, -0.25) is 15.1 Å². The Bertz CT molecular complexity index is 1040. The van der Waals surface area contributed by atoms with E-state index in [1.54, 1.807) is 29.0 Å². The van der Waals surface area contributed by atoms with Crippen LogP contribution < -0.4 is 5.32 Å². The maximum absolute atomic E-state index is 12.3.